The summed E-state index contributed by atoms with van der Waals surface area (Å²) >= 11 is 5.20. The van der Waals surface area contributed by atoms with Crippen molar-refractivity contribution in [1.82, 2.24) is 21.2 Å². The average Bonchev–Trinajstić information content (AvgIpc) is 2.48. The van der Waals surface area contributed by atoms with Gasteiger partial charge >= 0.3 is 0 Å². The number of rotatable bonds is 2. The van der Waals surface area contributed by atoms with Crippen LogP contribution < -0.4 is 16.2 Å². The van der Waals surface area contributed by atoms with Crippen LogP contribution in [0, 0.1) is 5.92 Å². The maximum Gasteiger partial charge on any atom is 0.288 e. The van der Waals surface area contributed by atoms with Crippen LogP contribution in [0.4, 0.5) is 0 Å². The number of aromatic nitrogens is 1. The molecular formula is C14H20N4OS. The molecule has 2 rings (SSSR count). The molecule has 1 aliphatic carbocycles. The number of hydrazine groups is 1. The van der Waals surface area contributed by atoms with E-state index in [4.69, 9.17) is 12.2 Å². The van der Waals surface area contributed by atoms with Crippen LogP contribution in [0.2, 0.25) is 0 Å². The molecule has 3 N–H and O–H groups in total. The van der Waals surface area contributed by atoms with Crippen LogP contribution in [-0.2, 0) is 0 Å². The molecule has 0 saturated heterocycles. The van der Waals surface area contributed by atoms with Gasteiger partial charge in [-0.25, -0.2) is 0 Å². The van der Waals surface area contributed by atoms with E-state index < -0.39 is 0 Å². The van der Waals surface area contributed by atoms with Gasteiger partial charge in [-0.3, -0.25) is 20.6 Å². The van der Waals surface area contributed by atoms with Gasteiger partial charge in [-0.05, 0) is 43.1 Å². The number of thiocarbonyl (C=S) groups is 1. The summed E-state index contributed by atoms with van der Waals surface area (Å²) in [6.07, 6.45) is 6.44. The Morgan fingerprint density at radius 2 is 2.10 bits per heavy atom. The van der Waals surface area contributed by atoms with E-state index in [9.17, 15) is 4.79 Å². The van der Waals surface area contributed by atoms with Crippen LogP contribution in [0.3, 0.4) is 0 Å². The van der Waals surface area contributed by atoms with Crippen molar-refractivity contribution in [1.29, 1.82) is 0 Å². The first-order chi connectivity index (χ1) is 9.66. The third-order valence-corrected chi connectivity index (χ3v) is 3.83. The first-order valence-electron chi connectivity index (χ1n) is 6.94. The Bertz CT molecular complexity index is 466. The smallest absolute Gasteiger partial charge is 0.288 e. The number of hydrogen-bond donors (Lipinski definition) is 3. The van der Waals surface area contributed by atoms with Crippen molar-refractivity contribution < 1.29 is 4.79 Å². The summed E-state index contributed by atoms with van der Waals surface area (Å²) in [7, 11) is 0. The summed E-state index contributed by atoms with van der Waals surface area (Å²) in [4.78, 5) is 15.8. The van der Waals surface area contributed by atoms with Gasteiger partial charge in [-0.2, -0.15) is 0 Å². The second-order valence-corrected chi connectivity index (χ2v) is 5.54. The second-order valence-electron chi connectivity index (χ2n) is 5.14. The fraction of sp³-hybridized carbons (Fsp3) is 0.500. The highest BCUT2D eigenvalue weighted by molar-refractivity contribution is 7.80. The van der Waals surface area contributed by atoms with E-state index in [2.05, 4.69) is 28.1 Å². The highest BCUT2D eigenvalue weighted by Gasteiger charge is 2.21. The molecule has 0 unspecified atom stereocenters. The summed E-state index contributed by atoms with van der Waals surface area (Å²) < 4.78 is 0. The SMILES string of the molecule is C[C@@H]1CCCC[C@H]1NC(=S)NNC(=O)c1ccccn1. The Kier molecular flexibility index (Phi) is 5.29. The zero-order valence-corrected chi connectivity index (χ0v) is 12.4. The number of nitrogens with zero attached hydrogens (tertiary/aromatic N) is 1. The van der Waals surface area contributed by atoms with Crippen LogP contribution >= 0.6 is 12.2 Å². The van der Waals surface area contributed by atoms with Crippen molar-refractivity contribution in [3.05, 3.63) is 30.1 Å². The third kappa shape index (κ3) is 4.16. The molecule has 1 aromatic heterocycles. The molecule has 0 aromatic carbocycles. The lowest BCUT2D eigenvalue weighted by Gasteiger charge is -2.30. The molecule has 1 amide bonds. The summed E-state index contributed by atoms with van der Waals surface area (Å²) in [5, 5.41) is 3.71. The molecule has 1 aliphatic rings. The Labute approximate surface area is 124 Å². The van der Waals surface area contributed by atoms with E-state index in [0.29, 0.717) is 22.8 Å². The van der Waals surface area contributed by atoms with Crippen molar-refractivity contribution in [3.8, 4) is 0 Å². The van der Waals surface area contributed by atoms with Crippen LogP contribution in [-0.4, -0.2) is 22.0 Å². The maximum absolute atomic E-state index is 11.8. The molecule has 5 nitrogen and oxygen atoms in total. The van der Waals surface area contributed by atoms with Crippen molar-refractivity contribution >= 4 is 23.2 Å². The van der Waals surface area contributed by atoms with E-state index in [-0.39, 0.29) is 5.91 Å². The minimum atomic E-state index is -0.300. The highest BCUT2D eigenvalue weighted by atomic mass is 32.1. The molecule has 6 heteroatoms. The number of amides is 1. The Morgan fingerprint density at radius 3 is 2.80 bits per heavy atom. The van der Waals surface area contributed by atoms with Crippen LogP contribution in [0.1, 0.15) is 43.1 Å². The Hall–Kier alpha value is -1.69. The fourth-order valence-electron chi connectivity index (χ4n) is 2.41. The second kappa shape index (κ2) is 7.19. The Balaban J connectivity index is 1.76. The number of hydrogen-bond acceptors (Lipinski definition) is 3. The van der Waals surface area contributed by atoms with Gasteiger partial charge in [-0.15, -0.1) is 0 Å². The Morgan fingerprint density at radius 1 is 1.30 bits per heavy atom. The van der Waals surface area contributed by atoms with Gasteiger partial charge in [-0.1, -0.05) is 25.8 Å². The lowest BCUT2D eigenvalue weighted by atomic mass is 9.86. The summed E-state index contributed by atoms with van der Waals surface area (Å²) in [6.45, 7) is 2.23. The monoisotopic (exact) mass is 292 g/mol. The number of carbonyl (C=O) groups excluding carboxylic acids is 1. The van der Waals surface area contributed by atoms with Gasteiger partial charge in [0, 0.05) is 12.2 Å². The normalized spacial score (nSPS) is 21.9. The van der Waals surface area contributed by atoms with E-state index >= 15 is 0 Å². The van der Waals surface area contributed by atoms with Gasteiger partial charge < -0.3 is 5.32 Å². The lowest BCUT2D eigenvalue weighted by molar-refractivity contribution is 0.0938. The van der Waals surface area contributed by atoms with Gasteiger partial charge in [0.2, 0.25) is 0 Å². The molecule has 0 radical (unpaired) electrons. The van der Waals surface area contributed by atoms with Crippen molar-refractivity contribution in [2.45, 2.75) is 38.6 Å². The zero-order chi connectivity index (χ0) is 14.4. The first kappa shape index (κ1) is 14.7. The topological polar surface area (TPSA) is 66.0 Å². The highest BCUT2D eigenvalue weighted by Crippen LogP contribution is 2.23. The van der Waals surface area contributed by atoms with Crippen molar-refractivity contribution in [3.63, 3.8) is 0 Å². The van der Waals surface area contributed by atoms with Gasteiger partial charge in [0.15, 0.2) is 5.11 Å². The quantitative estimate of drug-likeness (QED) is 0.573. The van der Waals surface area contributed by atoms with E-state index in [0.717, 1.165) is 6.42 Å². The van der Waals surface area contributed by atoms with E-state index in [1.807, 2.05) is 0 Å². The molecule has 0 aliphatic heterocycles. The van der Waals surface area contributed by atoms with Gasteiger partial charge in [0.1, 0.15) is 5.69 Å². The van der Waals surface area contributed by atoms with Crippen molar-refractivity contribution in [2.24, 2.45) is 5.92 Å². The van der Waals surface area contributed by atoms with Crippen LogP contribution in [0.5, 0.6) is 0 Å². The fourth-order valence-corrected chi connectivity index (χ4v) is 2.61. The minimum Gasteiger partial charge on any atom is -0.358 e. The average molecular weight is 292 g/mol. The summed E-state index contributed by atoms with van der Waals surface area (Å²) in [6, 6.07) is 5.57. The summed E-state index contributed by atoms with van der Waals surface area (Å²) in [5.74, 6) is 0.307. The van der Waals surface area contributed by atoms with Crippen molar-refractivity contribution in [2.75, 3.05) is 0 Å². The summed E-state index contributed by atoms with van der Waals surface area (Å²) in [5.41, 5.74) is 5.63. The largest absolute Gasteiger partial charge is 0.358 e. The van der Waals surface area contributed by atoms with Gasteiger partial charge in [0.05, 0.1) is 0 Å². The molecule has 1 heterocycles. The molecule has 20 heavy (non-hydrogen) atoms. The predicted octanol–water partition coefficient (Wildman–Crippen LogP) is 1.77. The van der Waals surface area contributed by atoms with Gasteiger partial charge in [0.25, 0.3) is 5.91 Å². The first-order valence-corrected chi connectivity index (χ1v) is 7.35. The molecule has 1 saturated carbocycles. The number of nitrogens with one attached hydrogen (secondary N) is 3. The molecular weight excluding hydrogens is 272 g/mol. The zero-order valence-electron chi connectivity index (χ0n) is 11.6. The number of pyridine rings is 1. The standard InChI is InChI=1S/C14H20N4OS/c1-10-6-2-3-7-11(10)16-14(20)18-17-13(19)12-8-4-5-9-15-12/h4-5,8-11H,2-3,6-7H2,1H3,(H,17,19)(H2,16,18,20)/t10-,11-/m1/s1. The van der Waals surface area contributed by atoms with Crippen LogP contribution in [0.25, 0.3) is 0 Å². The molecule has 1 aromatic rings. The molecule has 0 spiro atoms. The predicted molar refractivity (Wildman–Crippen MR) is 82.0 cm³/mol. The molecule has 108 valence electrons. The minimum absolute atomic E-state index is 0.300. The molecule has 1 fully saturated rings. The lowest BCUT2D eigenvalue weighted by Crippen LogP contribution is -2.51. The molecule has 2 atom stereocenters. The van der Waals surface area contributed by atoms with Crippen LogP contribution in [0.15, 0.2) is 24.4 Å². The third-order valence-electron chi connectivity index (χ3n) is 3.62. The van der Waals surface area contributed by atoms with E-state index in [1.165, 1.54) is 19.3 Å². The number of carbonyl (C=O) groups is 1. The van der Waals surface area contributed by atoms with E-state index in [1.54, 1.807) is 24.4 Å². The molecule has 0 bridgehead atoms. The maximum atomic E-state index is 11.8.